The molecule has 0 aliphatic heterocycles. The topological polar surface area (TPSA) is 68.0 Å². The Morgan fingerprint density at radius 3 is 2.84 bits per heavy atom. The molecule has 0 atom stereocenters. The molecule has 1 aromatic heterocycles. The summed E-state index contributed by atoms with van der Waals surface area (Å²) in [7, 11) is 0. The lowest BCUT2D eigenvalue weighted by Gasteiger charge is -2.21. The van der Waals surface area contributed by atoms with Gasteiger partial charge in [0, 0.05) is 6.54 Å². The van der Waals surface area contributed by atoms with Gasteiger partial charge in [-0.15, -0.1) is 5.10 Å². The van der Waals surface area contributed by atoms with Crippen molar-refractivity contribution in [1.29, 1.82) is 0 Å². The van der Waals surface area contributed by atoms with Crippen molar-refractivity contribution in [3.05, 3.63) is 23.8 Å². The Morgan fingerprint density at radius 1 is 1.32 bits per heavy atom. The van der Waals surface area contributed by atoms with Crippen molar-refractivity contribution in [2.45, 2.75) is 38.6 Å². The third kappa shape index (κ3) is 2.45. The summed E-state index contributed by atoms with van der Waals surface area (Å²) in [6.45, 7) is 0.847. The van der Waals surface area contributed by atoms with Gasteiger partial charge in [-0.05, 0) is 37.0 Å². The van der Waals surface area contributed by atoms with Crippen molar-refractivity contribution in [2.75, 3.05) is 0 Å². The van der Waals surface area contributed by atoms with Gasteiger partial charge >= 0.3 is 5.97 Å². The van der Waals surface area contributed by atoms with Gasteiger partial charge in [0.15, 0.2) is 0 Å². The van der Waals surface area contributed by atoms with Crippen LogP contribution < -0.4 is 0 Å². The zero-order valence-corrected chi connectivity index (χ0v) is 10.7. The Balaban J connectivity index is 1.89. The zero-order chi connectivity index (χ0) is 13.2. The normalized spacial score (nSPS) is 16.8. The number of benzene rings is 1. The second kappa shape index (κ2) is 4.99. The third-order valence-electron chi connectivity index (χ3n) is 3.92. The first kappa shape index (κ1) is 12.1. The average Bonchev–Trinajstić information content (AvgIpc) is 2.82. The molecule has 0 unspecified atom stereocenters. The van der Waals surface area contributed by atoms with E-state index < -0.39 is 5.97 Å². The number of carbonyl (C=O) groups is 1. The molecule has 1 N–H and O–H groups in total. The number of hydrogen-bond donors (Lipinski definition) is 1. The Hall–Kier alpha value is -1.91. The molecule has 3 rings (SSSR count). The quantitative estimate of drug-likeness (QED) is 0.920. The first-order valence-electron chi connectivity index (χ1n) is 6.80. The first-order chi connectivity index (χ1) is 9.24. The maximum absolute atomic E-state index is 11.0. The lowest BCUT2D eigenvalue weighted by Crippen LogP contribution is -2.15. The van der Waals surface area contributed by atoms with Crippen molar-refractivity contribution >= 4 is 17.0 Å². The monoisotopic (exact) mass is 259 g/mol. The predicted molar refractivity (Wildman–Crippen MR) is 71.1 cm³/mol. The molecule has 100 valence electrons. The van der Waals surface area contributed by atoms with Gasteiger partial charge < -0.3 is 5.11 Å². The molecule has 2 aromatic rings. The van der Waals surface area contributed by atoms with Crippen LogP contribution in [0.1, 0.15) is 42.5 Å². The van der Waals surface area contributed by atoms with E-state index in [1.807, 2.05) is 4.68 Å². The minimum absolute atomic E-state index is 0.291. The molecule has 1 aliphatic rings. The summed E-state index contributed by atoms with van der Waals surface area (Å²) in [6.07, 6.45) is 6.38. The fourth-order valence-corrected chi connectivity index (χ4v) is 2.85. The Bertz CT molecular complexity index is 600. The maximum atomic E-state index is 11.0. The number of carboxylic acids is 1. The maximum Gasteiger partial charge on any atom is 0.335 e. The highest BCUT2D eigenvalue weighted by atomic mass is 16.4. The van der Waals surface area contributed by atoms with Crippen LogP contribution in [-0.2, 0) is 6.54 Å². The molecular weight excluding hydrogens is 242 g/mol. The number of carboxylic acid groups (broad SMARTS) is 1. The van der Waals surface area contributed by atoms with Crippen LogP contribution in [0, 0.1) is 5.92 Å². The van der Waals surface area contributed by atoms with E-state index in [1.165, 1.54) is 32.1 Å². The van der Waals surface area contributed by atoms with Crippen molar-refractivity contribution in [2.24, 2.45) is 5.92 Å². The van der Waals surface area contributed by atoms with Gasteiger partial charge in [-0.3, -0.25) is 0 Å². The predicted octanol–water partition coefficient (Wildman–Crippen LogP) is 2.71. The molecule has 1 aliphatic carbocycles. The Labute approximate surface area is 111 Å². The van der Waals surface area contributed by atoms with E-state index in [1.54, 1.807) is 18.2 Å². The zero-order valence-electron chi connectivity index (χ0n) is 10.7. The Morgan fingerprint density at radius 2 is 2.11 bits per heavy atom. The van der Waals surface area contributed by atoms with Gasteiger partial charge in [-0.1, -0.05) is 24.5 Å². The van der Waals surface area contributed by atoms with E-state index in [4.69, 9.17) is 5.11 Å². The Kier molecular flexibility index (Phi) is 3.19. The smallest absolute Gasteiger partial charge is 0.335 e. The fourth-order valence-electron chi connectivity index (χ4n) is 2.85. The number of fused-ring (bicyclic) bond motifs is 1. The molecule has 5 heteroatoms. The van der Waals surface area contributed by atoms with Crippen LogP contribution in [0.3, 0.4) is 0 Å². The average molecular weight is 259 g/mol. The number of rotatable bonds is 3. The van der Waals surface area contributed by atoms with Crippen LogP contribution in [0.2, 0.25) is 0 Å². The van der Waals surface area contributed by atoms with Crippen LogP contribution in [-0.4, -0.2) is 26.1 Å². The van der Waals surface area contributed by atoms with E-state index in [-0.39, 0.29) is 0 Å². The summed E-state index contributed by atoms with van der Waals surface area (Å²) in [5.74, 6) is -0.264. The van der Waals surface area contributed by atoms with Crippen LogP contribution >= 0.6 is 0 Å². The fraction of sp³-hybridized carbons (Fsp3) is 0.500. The van der Waals surface area contributed by atoms with Crippen LogP contribution in [0.5, 0.6) is 0 Å². The van der Waals surface area contributed by atoms with Gasteiger partial charge in [0.05, 0.1) is 11.1 Å². The molecule has 1 saturated carbocycles. The molecule has 0 saturated heterocycles. The molecule has 1 fully saturated rings. The summed E-state index contributed by atoms with van der Waals surface area (Å²) in [4.78, 5) is 11.0. The van der Waals surface area contributed by atoms with E-state index in [9.17, 15) is 4.79 Å². The molecule has 0 bridgehead atoms. The van der Waals surface area contributed by atoms with Crippen molar-refractivity contribution < 1.29 is 9.90 Å². The molecule has 0 radical (unpaired) electrons. The number of aromatic nitrogens is 3. The van der Waals surface area contributed by atoms with Crippen LogP contribution in [0.25, 0.3) is 11.0 Å². The van der Waals surface area contributed by atoms with Gasteiger partial charge in [0.25, 0.3) is 0 Å². The van der Waals surface area contributed by atoms with Gasteiger partial charge in [0.1, 0.15) is 5.52 Å². The summed E-state index contributed by atoms with van der Waals surface area (Å²) < 4.78 is 1.86. The highest BCUT2D eigenvalue weighted by Gasteiger charge is 2.16. The standard InChI is InChI=1S/C14H17N3O2/c18-14(19)11-6-7-12-13(8-11)17(16-15-12)9-10-4-2-1-3-5-10/h6-8,10H,1-5,9H2,(H,18,19). The van der Waals surface area contributed by atoms with Gasteiger partial charge in [-0.2, -0.15) is 0 Å². The van der Waals surface area contributed by atoms with Crippen molar-refractivity contribution in [3.8, 4) is 0 Å². The minimum atomic E-state index is -0.910. The van der Waals surface area contributed by atoms with Crippen molar-refractivity contribution in [1.82, 2.24) is 15.0 Å². The largest absolute Gasteiger partial charge is 0.478 e. The highest BCUT2D eigenvalue weighted by Crippen LogP contribution is 2.26. The number of aromatic carboxylic acids is 1. The molecule has 19 heavy (non-hydrogen) atoms. The summed E-state index contributed by atoms with van der Waals surface area (Å²) in [5, 5.41) is 17.3. The van der Waals surface area contributed by atoms with Gasteiger partial charge in [0.2, 0.25) is 0 Å². The van der Waals surface area contributed by atoms with Crippen LogP contribution in [0.15, 0.2) is 18.2 Å². The molecule has 0 amide bonds. The van der Waals surface area contributed by atoms with E-state index in [2.05, 4.69) is 10.3 Å². The lowest BCUT2D eigenvalue weighted by atomic mass is 9.89. The number of hydrogen-bond acceptors (Lipinski definition) is 3. The highest BCUT2D eigenvalue weighted by molar-refractivity contribution is 5.92. The first-order valence-corrected chi connectivity index (χ1v) is 6.80. The molecule has 1 heterocycles. The summed E-state index contributed by atoms with van der Waals surface area (Å²) >= 11 is 0. The molecule has 0 spiro atoms. The molecule has 1 aromatic carbocycles. The van der Waals surface area contributed by atoms with Crippen LogP contribution in [0.4, 0.5) is 0 Å². The molecular formula is C14H17N3O2. The second-order valence-electron chi connectivity index (χ2n) is 5.28. The van der Waals surface area contributed by atoms with E-state index >= 15 is 0 Å². The van der Waals surface area contributed by atoms with E-state index in [0.29, 0.717) is 11.5 Å². The summed E-state index contributed by atoms with van der Waals surface area (Å²) in [5.41, 5.74) is 1.88. The van der Waals surface area contributed by atoms with Gasteiger partial charge in [-0.25, -0.2) is 9.48 Å². The minimum Gasteiger partial charge on any atom is -0.478 e. The number of nitrogens with zero attached hydrogens (tertiary/aromatic N) is 3. The summed E-state index contributed by atoms with van der Waals surface area (Å²) in [6, 6.07) is 4.97. The van der Waals surface area contributed by atoms with E-state index in [0.717, 1.165) is 17.6 Å². The molecule has 5 nitrogen and oxygen atoms in total. The lowest BCUT2D eigenvalue weighted by molar-refractivity contribution is 0.0697. The van der Waals surface area contributed by atoms with Crippen molar-refractivity contribution in [3.63, 3.8) is 0 Å². The third-order valence-corrected chi connectivity index (χ3v) is 3.92. The SMILES string of the molecule is O=C(O)c1ccc2nnn(CC3CCCCC3)c2c1. The second-order valence-corrected chi connectivity index (χ2v) is 5.28.